The average Bonchev–Trinajstić information content (AvgIpc) is 3.03. The SMILES string of the molecule is CC[C@@H](C)NC(=O)[C@@H](Cc1ccccc1)N(Cc1cccc(Br)c1)C(=O)CN(c1cc(Cl)ccc1Cl)S(=O)(=O)c1ccccc1. The molecule has 0 aromatic heterocycles. The number of nitrogens with one attached hydrogen (secondary N) is 1. The Morgan fingerprint density at radius 3 is 2.16 bits per heavy atom. The van der Waals surface area contributed by atoms with Gasteiger partial charge in [0.15, 0.2) is 0 Å². The fourth-order valence-corrected chi connectivity index (χ4v) is 7.07. The molecule has 1 N–H and O–H groups in total. The van der Waals surface area contributed by atoms with Crippen LogP contribution in [0.4, 0.5) is 5.69 Å². The molecule has 2 amide bonds. The maximum atomic E-state index is 14.5. The lowest BCUT2D eigenvalue weighted by molar-refractivity contribution is -0.140. The Morgan fingerprint density at radius 1 is 0.867 bits per heavy atom. The zero-order valence-corrected chi connectivity index (χ0v) is 28.8. The van der Waals surface area contributed by atoms with E-state index in [2.05, 4.69) is 21.2 Å². The van der Waals surface area contributed by atoms with Gasteiger partial charge in [0.25, 0.3) is 10.0 Å². The minimum atomic E-state index is -4.29. The third kappa shape index (κ3) is 9.10. The van der Waals surface area contributed by atoms with Gasteiger partial charge in [-0.2, -0.15) is 0 Å². The summed E-state index contributed by atoms with van der Waals surface area (Å²) in [5.74, 6) is -0.930. The van der Waals surface area contributed by atoms with Crippen LogP contribution in [0.25, 0.3) is 0 Å². The molecule has 0 aliphatic heterocycles. The standard InChI is InChI=1S/C34H34BrCl2N3O4S/c1-3-24(2)38-34(42)32(20-25-11-6-4-7-12-25)39(22-26-13-10-14-27(35)19-26)33(41)23-40(31-21-28(36)17-18-30(31)37)45(43,44)29-15-8-5-9-16-29/h4-19,21,24,32H,3,20,22-23H2,1-2H3,(H,38,42)/t24-,32-/m1/s1. The van der Waals surface area contributed by atoms with E-state index in [4.69, 9.17) is 23.2 Å². The van der Waals surface area contributed by atoms with Crippen molar-refractivity contribution in [2.24, 2.45) is 0 Å². The van der Waals surface area contributed by atoms with Crippen molar-refractivity contribution in [3.8, 4) is 0 Å². The molecular weight excluding hydrogens is 697 g/mol. The highest BCUT2D eigenvalue weighted by Crippen LogP contribution is 2.33. The molecule has 4 aromatic carbocycles. The predicted octanol–water partition coefficient (Wildman–Crippen LogP) is 7.51. The Balaban J connectivity index is 1.83. The summed E-state index contributed by atoms with van der Waals surface area (Å²) in [6.07, 6.45) is 0.909. The summed E-state index contributed by atoms with van der Waals surface area (Å²) >= 11 is 16.3. The molecular formula is C34H34BrCl2N3O4S. The third-order valence-electron chi connectivity index (χ3n) is 7.30. The number of sulfonamides is 1. The first kappa shape index (κ1) is 34.5. The lowest BCUT2D eigenvalue weighted by atomic mass is 10.0. The molecule has 0 bridgehead atoms. The van der Waals surface area contributed by atoms with Crippen molar-refractivity contribution >= 4 is 66.7 Å². The van der Waals surface area contributed by atoms with Crippen LogP contribution >= 0.6 is 39.1 Å². The van der Waals surface area contributed by atoms with Crippen molar-refractivity contribution in [2.45, 2.75) is 50.2 Å². The highest BCUT2D eigenvalue weighted by molar-refractivity contribution is 9.10. The Labute approximate surface area is 283 Å². The van der Waals surface area contributed by atoms with Gasteiger partial charge in [-0.25, -0.2) is 8.42 Å². The molecule has 0 aliphatic carbocycles. The maximum Gasteiger partial charge on any atom is 0.264 e. The number of benzene rings is 4. The van der Waals surface area contributed by atoms with E-state index in [1.165, 1.54) is 35.2 Å². The molecule has 0 saturated carbocycles. The molecule has 0 unspecified atom stereocenters. The second-order valence-electron chi connectivity index (χ2n) is 10.6. The van der Waals surface area contributed by atoms with E-state index in [1.54, 1.807) is 18.2 Å². The number of nitrogens with zero attached hydrogens (tertiary/aromatic N) is 2. The lowest BCUT2D eigenvalue weighted by Gasteiger charge is -2.34. The smallest absolute Gasteiger partial charge is 0.264 e. The lowest BCUT2D eigenvalue weighted by Crippen LogP contribution is -2.54. The van der Waals surface area contributed by atoms with Crippen LogP contribution in [0.3, 0.4) is 0 Å². The van der Waals surface area contributed by atoms with Crippen LogP contribution in [-0.4, -0.2) is 43.8 Å². The van der Waals surface area contributed by atoms with Crippen molar-refractivity contribution in [1.82, 2.24) is 10.2 Å². The molecule has 236 valence electrons. The molecule has 11 heteroatoms. The Bertz CT molecular complexity index is 1730. The summed E-state index contributed by atoms with van der Waals surface area (Å²) < 4.78 is 30.0. The summed E-state index contributed by atoms with van der Waals surface area (Å²) in [4.78, 5) is 29.9. The van der Waals surface area contributed by atoms with Gasteiger partial charge in [0.05, 0.1) is 15.6 Å². The summed E-state index contributed by atoms with van der Waals surface area (Å²) in [5.41, 5.74) is 1.65. The first-order chi connectivity index (χ1) is 21.5. The fraction of sp³-hybridized carbons (Fsp3) is 0.235. The minimum absolute atomic E-state index is 0.0252. The van der Waals surface area contributed by atoms with Crippen LogP contribution in [0.5, 0.6) is 0 Å². The predicted molar refractivity (Wildman–Crippen MR) is 184 cm³/mol. The number of halogens is 3. The van der Waals surface area contributed by atoms with Gasteiger partial charge in [-0.1, -0.05) is 107 Å². The van der Waals surface area contributed by atoms with E-state index in [9.17, 15) is 18.0 Å². The molecule has 0 radical (unpaired) electrons. The maximum absolute atomic E-state index is 14.5. The molecule has 4 aromatic rings. The van der Waals surface area contributed by atoms with E-state index < -0.39 is 28.5 Å². The van der Waals surface area contributed by atoms with Gasteiger partial charge >= 0.3 is 0 Å². The molecule has 45 heavy (non-hydrogen) atoms. The van der Waals surface area contributed by atoms with Gasteiger partial charge in [0.1, 0.15) is 12.6 Å². The summed E-state index contributed by atoms with van der Waals surface area (Å²) in [5, 5.41) is 3.37. The van der Waals surface area contributed by atoms with E-state index >= 15 is 0 Å². The van der Waals surface area contributed by atoms with E-state index in [0.29, 0.717) is 6.42 Å². The van der Waals surface area contributed by atoms with Crippen LogP contribution in [0.2, 0.25) is 10.0 Å². The molecule has 2 atom stereocenters. The summed E-state index contributed by atoms with van der Waals surface area (Å²) in [6.45, 7) is 3.27. The minimum Gasteiger partial charge on any atom is -0.352 e. The number of anilines is 1. The van der Waals surface area contributed by atoms with E-state index in [1.807, 2.05) is 68.4 Å². The molecule has 0 spiro atoms. The second-order valence-corrected chi connectivity index (χ2v) is 14.2. The molecule has 0 fully saturated rings. The quantitative estimate of drug-likeness (QED) is 0.154. The first-order valence-electron chi connectivity index (χ1n) is 14.4. The van der Waals surface area contributed by atoms with Crippen LogP contribution in [0, 0.1) is 0 Å². The number of carbonyl (C=O) groups is 2. The van der Waals surface area contributed by atoms with Crippen LogP contribution in [0.15, 0.2) is 112 Å². The summed E-state index contributed by atoms with van der Waals surface area (Å²) in [7, 11) is -4.29. The van der Waals surface area contributed by atoms with Crippen LogP contribution in [0.1, 0.15) is 31.4 Å². The van der Waals surface area contributed by atoms with E-state index in [-0.39, 0.29) is 45.5 Å². The number of hydrogen-bond acceptors (Lipinski definition) is 4. The van der Waals surface area contributed by atoms with Crippen molar-refractivity contribution < 1.29 is 18.0 Å². The van der Waals surface area contributed by atoms with Gasteiger partial charge in [-0.15, -0.1) is 0 Å². The molecule has 4 rings (SSSR count). The monoisotopic (exact) mass is 729 g/mol. The Kier molecular flexibility index (Phi) is 12.1. The number of amides is 2. The van der Waals surface area contributed by atoms with Gasteiger partial charge in [0.2, 0.25) is 11.8 Å². The van der Waals surface area contributed by atoms with Crippen LogP contribution in [-0.2, 0) is 32.6 Å². The fourth-order valence-electron chi connectivity index (χ4n) is 4.74. The van der Waals surface area contributed by atoms with Crippen molar-refractivity contribution in [2.75, 3.05) is 10.8 Å². The first-order valence-corrected chi connectivity index (χ1v) is 17.4. The van der Waals surface area contributed by atoms with Gasteiger partial charge < -0.3 is 10.2 Å². The zero-order valence-electron chi connectivity index (χ0n) is 24.9. The number of rotatable bonds is 13. The number of hydrogen-bond donors (Lipinski definition) is 1. The largest absolute Gasteiger partial charge is 0.352 e. The molecule has 0 saturated heterocycles. The van der Waals surface area contributed by atoms with Gasteiger partial charge in [0, 0.05) is 28.5 Å². The van der Waals surface area contributed by atoms with Gasteiger partial charge in [-0.3, -0.25) is 13.9 Å². The average molecular weight is 732 g/mol. The van der Waals surface area contributed by atoms with Crippen LogP contribution < -0.4 is 9.62 Å². The second kappa shape index (κ2) is 15.8. The zero-order chi connectivity index (χ0) is 32.6. The van der Waals surface area contributed by atoms with Crippen molar-refractivity contribution in [3.63, 3.8) is 0 Å². The highest BCUT2D eigenvalue weighted by Gasteiger charge is 2.35. The van der Waals surface area contributed by atoms with Gasteiger partial charge in [-0.05, 0) is 66.9 Å². The molecule has 0 aliphatic rings. The Morgan fingerprint density at radius 2 is 1.51 bits per heavy atom. The summed E-state index contributed by atoms with van der Waals surface area (Å²) in [6, 6.07) is 27.9. The van der Waals surface area contributed by atoms with Crippen molar-refractivity contribution in [3.05, 3.63) is 129 Å². The topological polar surface area (TPSA) is 86.8 Å². The third-order valence-corrected chi connectivity index (χ3v) is 10.1. The van der Waals surface area contributed by atoms with E-state index in [0.717, 1.165) is 19.9 Å². The number of carbonyl (C=O) groups excluding carboxylic acids is 2. The normalized spacial score (nSPS) is 12.6. The van der Waals surface area contributed by atoms with Crippen molar-refractivity contribution in [1.29, 1.82) is 0 Å². The highest BCUT2D eigenvalue weighted by atomic mass is 79.9. The molecule has 7 nitrogen and oxygen atoms in total. The molecule has 0 heterocycles. The Hall–Kier alpha value is -3.37.